The fourth-order valence-electron chi connectivity index (χ4n) is 5.75. The lowest BCUT2D eigenvalue weighted by molar-refractivity contribution is -0.137. The topological polar surface area (TPSA) is 147 Å². The number of benzene rings is 1. The molecule has 0 spiro atoms. The fourth-order valence-corrected chi connectivity index (χ4v) is 7.57. The quantitative estimate of drug-likeness (QED) is 0.308. The number of aromatic nitrogens is 4. The van der Waals surface area contributed by atoms with Crippen molar-refractivity contribution in [3.05, 3.63) is 64.7 Å². The van der Waals surface area contributed by atoms with Crippen LogP contribution in [-0.2, 0) is 16.2 Å². The molecule has 4 heterocycles. The molecule has 7 rings (SSSR count). The summed E-state index contributed by atoms with van der Waals surface area (Å²) in [5, 5.41) is 36.0. The highest BCUT2D eigenvalue weighted by Crippen LogP contribution is 2.54. The number of hydrogen-bond acceptors (Lipinski definition) is 7. The highest BCUT2D eigenvalue weighted by atomic mass is 32.2. The molecule has 2 unspecified atom stereocenters. The number of H-pyrrole nitrogens is 2. The normalized spacial score (nSPS) is 26.7. The van der Waals surface area contributed by atoms with E-state index >= 15 is 0 Å². The Hall–Kier alpha value is -2.78. The Morgan fingerprint density at radius 1 is 0.897 bits per heavy atom. The zero-order valence-corrected chi connectivity index (χ0v) is 21.6. The number of alkyl halides is 3. The first kappa shape index (κ1) is 26.4. The molecule has 2 aliphatic heterocycles. The van der Waals surface area contributed by atoms with Gasteiger partial charge in [-0.3, -0.25) is 15.5 Å². The number of aliphatic hydroxyl groups excluding tert-OH is 2. The number of nitrogens with zero attached hydrogens (tertiary/aromatic N) is 3. The third-order valence-electron chi connectivity index (χ3n) is 7.97. The van der Waals surface area contributed by atoms with Crippen molar-refractivity contribution >= 4 is 10.0 Å². The Labute approximate surface area is 222 Å². The van der Waals surface area contributed by atoms with Gasteiger partial charge in [0.25, 0.3) is 0 Å². The van der Waals surface area contributed by atoms with Gasteiger partial charge in [-0.05, 0) is 61.8 Å². The number of aromatic amines is 2. The molecule has 14 heteroatoms. The van der Waals surface area contributed by atoms with Gasteiger partial charge in [0.05, 0.1) is 65.6 Å². The van der Waals surface area contributed by atoms with Crippen molar-refractivity contribution in [3.63, 3.8) is 0 Å². The molecule has 210 valence electrons. The number of aliphatic hydroxyl groups is 2. The Morgan fingerprint density at radius 2 is 1.51 bits per heavy atom. The maximum atomic E-state index is 13.2. The molecular weight excluding hydrogens is 537 g/mol. The van der Waals surface area contributed by atoms with Gasteiger partial charge in [0.2, 0.25) is 10.0 Å². The van der Waals surface area contributed by atoms with E-state index in [-0.39, 0.29) is 23.5 Å². The largest absolute Gasteiger partial charge is 0.416 e. The third-order valence-corrected chi connectivity index (χ3v) is 9.88. The molecule has 2 fully saturated rings. The van der Waals surface area contributed by atoms with E-state index < -0.39 is 40.5 Å². The van der Waals surface area contributed by atoms with Crippen molar-refractivity contribution in [1.82, 2.24) is 30.0 Å². The van der Waals surface area contributed by atoms with E-state index in [2.05, 4.69) is 25.7 Å². The minimum atomic E-state index is -4.54. The average molecular weight is 567 g/mol. The zero-order chi connectivity index (χ0) is 27.5. The third kappa shape index (κ3) is 4.67. The van der Waals surface area contributed by atoms with E-state index in [0.29, 0.717) is 11.7 Å². The van der Waals surface area contributed by atoms with Crippen LogP contribution >= 0.6 is 0 Å². The molecule has 2 saturated carbocycles. The summed E-state index contributed by atoms with van der Waals surface area (Å²) in [4.78, 5) is -0.229. The zero-order valence-electron chi connectivity index (χ0n) is 20.8. The van der Waals surface area contributed by atoms with Crippen LogP contribution in [0, 0.1) is 11.8 Å². The number of fused-ring (bicyclic) bond motifs is 2. The van der Waals surface area contributed by atoms with Crippen LogP contribution in [0.4, 0.5) is 13.2 Å². The number of nitrogens with one attached hydrogen (secondary N) is 3. The smallest absolute Gasteiger partial charge is 0.394 e. The lowest BCUT2D eigenvalue weighted by Crippen LogP contribution is -2.36. The van der Waals surface area contributed by atoms with Crippen molar-refractivity contribution in [3.8, 4) is 0 Å². The van der Waals surface area contributed by atoms with Crippen molar-refractivity contribution in [2.45, 2.75) is 60.9 Å². The molecule has 3 aromatic rings. The molecule has 0 saturated heterocycles. The van der Waals surface area contributed by atoms with E-state index in [1.165, 1.54) is 22.7 Å². The molecule has 10 nitrogen and oxygen atoms in total. The first-order chi connectivity index (χ1) is 18.6. The van der Waals surface area contributed by atoms with Gasteiger partial charge in [-0.2, -0.15) is 27.7 Å². The highest BCUT2D eigenvalue weighted by Gasteiger charge is 2.52. The van der Waals surface area contributed by atoms with Crippen molar-refractivity contribution in [1.29, 1.82) is 0 Å². The first-order valence-electron chi connectivity index (χ1n) is 12.9. The van der Waals surface area contributed by atoms with Crippen LogP contribution in [-0.4, -0.2) is 56.5 Å². The Morgan fingerprint density at radius 3 is 2.08 bits per heavy atom. The molecule has 2 aromatic heterocycles. The minimum Gasteiger partial charge on any atom is -0.394 e. The maximum absolute atomic E-state index is 13.2. The second kappa shape index (κ2) is 9.70. The van der Waals surface area contributed by atoms with Gasteiger partial charge >= 0.3 is 6.18 Å². The molecule has 0 radical (unpaired) electrons. The second-order valence-electron chi connectivity index (χ2n) is 10.5. The van der Waals surface area contributed by atoms with Crippen molar-refractivity contribution in [2.75, 3.05) is 13.2 Å². The highest BCUT2D eigenvalue weighted by molar-refractivity contribution is 7.89. The van der Waals surface area contributed by atoms with Crippen LogP contribution < -0.4 is 5.32 Å². The number of hydrogen-bond donors (Lipinski definition) is 5. The van der Waals surface area contributed by atoms with E-state index in [1.807, 2.05) is 6.20 Å². The summed E-state index contributed by atoms with van der Waals surface area (Å²) in [6.45, 7) is -0.295. The fraction of sp³-hybridized carbons (Fsp3) is 0.520. The first-order valence-corrected chi connectivity index (χ1v) is 14.3. The Kier molecular flexibility index (Phi) is 6.57. The summed E-state index contributed by atoms with van der Waals surface area (Å²) in [6.07, 6.45) is 3.23. The van der Waals surface area contributed by atoms with Crippen LogP contribution in [0.15, 0.2) is 41.6 Å². The lowest BCUT2D eigenvalue weighted by Gasteiger charge is -2.29. The van der Waals surface area contributed by atoms with Crippen LogP contribution in [0.25, 0.3) is 0 Å². The average Bonchev–Trinajstić information content (AvgIpc) is 3.75. The predicted octanol–water partition coefficient (Wildman–Crippen LogP) is 3.11. The van der Waals surface area contributed by atoms with Gasteiger partial charge in [-0.25, -0.2) is 8.42 Å². The summed E-state index contributed by atoms with van der Waals surface area (Å²) in [5.74, 6) is 0.889. The standard InChI is InChI=1S/C16H16F3N3O3S.C9H13N3O/c17-16(18,19)10-3-5-11(6-4-10)26(24,25)22-13(8-23)14-12(7-20-21-14)15(22)9-1-2-9;13-4-7-9-6(3-10-12-9)8(11-7)5-1-2-5/h3-7,9,13,15,23H,1-2,8H2,(H,20,21);3,5,7-8,11,13H,1-2,4H2,(H,10,12)/t13?,15-;7?,8-/m11/s1. The van der Waals surface area contributed by atoms with Gasteiger partial charge < -0.3 is 10.2 Å². The maximum Gasteiger partial charge on any atom is 0.416 e. The van der Waals surface area contributed by atoms with Gasteiger partial charge in [-0.1, -0.05) is 0 Å². The summed E-state index contributed by atoms with van der Waals surface area (Å²) in [5.41, 5.74) is 2.70. The lowest BCUT2D eigenvalue weighted by atomic mass is 10.1. The predicted molar refractivity (Wildman–Crippen MR) is 131 cm³/mol. The number of rotatable bonds is 6. The molecular formula is C25H29F3N6O4S. The number of halogens is 3. The SMILES string of the molecule is O=S(=O)(c1ccc(C(F)(F)F)cc1)N1C(CO)c2[nH]ncc2[C@H]1C1CC1.OCC1N[C@H](C2CC2)c2cn[nH]c21. The molecule has 39 heavy (non-hydrogen) atoms. The van der Waals surface area contributed by atoms with E-state index in [0.717, 1.165) is 54.3 Å². The van der Waals surface area contributed by atoms with Gasteiger partial charge in [0.15, 0.2) is 0 Å². The van der Waals surface area contributed by atoms with Crippen LogP contribution in [0.3, 0.4) is 0 Å². The molecule has 1 aromatic carbocycles. The molecule has 5 N–H and O–H groups in total. The molecule has 2 aliphatic carbocycles. The second-order valence-corrected chi connectivity index (χ2v) is 12.4. The summed E-state index contributed by atoms with van der Waals surface area (Å²) >= 11 is 0. The van der Waals surface area contributed by atoms with Crippen LogP contribution in [0.1, 0.15) is 77.9 Å². The van der Waals surface area contributed by atoms with E-state index in [4.69, 9.17) is 5.11 Å². The monoisotopic (exact) mass is 566 g/mol. The summed E-state index contributed by atoms with van der Waals surface area (Å²) in [6, 6.07) is 2.64. The molecule has 0 amide bonds. The van der Waals surface area contributed by atoms with Crippen LogP contribution in [0.2, 0.25) is 0 Å². The number of sulfonamides is 1. The van der Waals surface area contributed by atoms with E-state index in [1.54, 1.807) is 6.20 Å². The Balaban J connectivity index is 0.000000176. The summed E-state index contributed by atoms with van der Waals surface area (Å²) in [7, 11) is -4.10. The molecule has 4 aliphatic rings. The van der Waals surface area contributed by atoms with Gasteiger partial charge in [0.1, 0.15) is 0 Å². The molecule has 4 atom stereocenters. The summed E-state index contributed by atoms with van der Waals surface area (Å²) < 4.78 is 65.8. The Bertz CT molecular complexity index is 1430. The van der Waals surface area contributed by atoms with E-state index in [9.17, 15) is 26.7 Å². The molecule has 0 bridgehead atoms. The van der Waals surface area contributed by atoms with Gasteiger partial charge in [0, 0.05) is 17.2 Å². The van der Waals surface area contributed by atoms with Crippen molar-refractivity contribution in [2.24, 2.45) is 11.8 Å². The van der Waals surface area contributed by atoms with Crippen molar-refractivity contribution < 1.29 is 31.8 Å². The van der Waals surface area contributed by atoms with Crippen LogP contribution in [0.5, 0.6) is 0 Å². The minimum absolute atomic E-state index is 0.0723. The van der Waals surface area contributed by atoms with Gasteiger partial charge in [-0.15, -0.1) is 0 Å².